The number of fused-ring (bicyclic) bond motifs is 3. The quantitative estimate of drug-likeness (QED) is 0.605. The van der Waals surface area contributed by atoms with E-state index in [2.05, 4.69) is 33.3 Å². The maximum absolute atomic E-state index is 13.1. The number of para-hydroxylation sites is 2. The molecule has 2 amide bonds. The van der Waals surface area contributed by atoms with Gasteiger partial charge in [-0.05, 0) is 30.0 Å². The highest BCUT2D eigenvalue weighted by molar-refractivity contribution is 7.12. The predicted octanol–water partition coefficient (Wildman–Crippen LogP) is 3.15. The molecule has 0 saturated carbocycles. The number of nitrogens with zero attached hydrogens (tertiary/aromatic N) is 5. The number of unbranched alkanes of at least 4 members (excludes halogenated alkanes) is 1. The van der Waals surface area contributed by atoms with Crippen molar-refractivity contribution < 1.29 is 14.3 Å². The number of methoxy groups -OCH3 is 1. The van der Waals surface area contributed by atoms with Crippen molar-refractivity contribution in [2.75, 3.05) is 49.6 Å². The number of amidine groups is 1. The van der Waals surface area contributed by atoms with E-state index in [1.165, 1.54) is 11.3 Å². The third-order valence-electron chi connectivity index (χ3n) is 6.86. The van der Waals surface area contributed by atoms with Crippen molar-refractivity contribution >= 4 is 40.4 Å². The van der Waals surface area contributed by atoms with Crippen LogP contribution in [0.1, 0.15) is 42.3 Å². The lowest BCUT2D eigenvalue weighted by Crippen LogP contribution is -2.58. The highest BCUT2D eigenvalue weighted by atomic mass is 32.1. The molecular weight excluding hydrogens is 464 g/mol. The fourth-order valence-electron chi connectivity index (χ4n) is 4.95. The normalized spacial score (nSPS) is 19.3. The van der Waals surface area contributed by atoms with Crippen LogP contribution in [0.25, 0.3) is 0 Å². The minimum absolute atomic E-state index is 0.0534. The Morgan fingerprint density at radius 2 is 1.97 bits per heavy atom. The topological polar surface area (TPSA) is 80.7 Å². The molecular formula is C25H32N6O3S. The molecule has 35 heavy (non-hydrogen) atoms. The van der Waals surface area contributed by atoms with Gasteiger partial charge in [0.05, 0.1) is 18.5 Å². The van der Waals surface area contributed by atoms with Crippen molar-refractivity contribution in [3.05, 3.63) is 40.6 Å². The van der Waals surface area contributed by atoms with Crippen molar-refractivity contribution in [2.45, 2.75) is 38.9 Å². The number of ether oxygens (including phenoxy) is 1. The Hall–Kier alpha value is -3.27. The van der Waals surface area contributed by atoms with E-state index in [4.69, 9.17) is 4.74 Å². The molecule has 1 N–H and O–H groups in total. The third-order valence-corrected chi connectivity index (χ3v) is 7.75. The summed E-state index contributed by atoms with van der Waals surface area (Å²) in [6.07, 6.45) is 2.56. The van der Waals surface area contributed by atoms with Gasteiger partial charge >= 0.3 is 0 Å². The monoisotopic (exact) mass is 496 g/mol. The number of carbonyl (C=O) groups excluding carboxylic acids is 2. The van der Waals surface area contributed by atoms with Crippen LogP contribution >= 0.6 is 11.3 Å². The predicted molar refractivity (Wildman–Crippen MR) is 138 cm³/mol. The second-order valence-corrected chi connectivity index (χ2v) is 9.84. The number of benzene rings is 1. The van der Waals surface area contributed by atoms with E-state index >= 15 is 0 Å². The molecule has 0 radical (unpaired) electrons. The van der Waals surface area contributed by atoms with Crippen LogP contribution in [0, 0.1) is 0 Å². The number of hydrogen-bond acceptors (Lipinski definition) is 8. The minimum atomic E-state index is -0.314. The molecule has 4 heterocycles. The lowest BCUT2D eigenvalue weighted by Gasteiger charge is -2.40. The van der Waals surface area contributed by atoms with Gasteiger partial charge in [0.1, 0.15) is 16.5 Å². The van der Waals surface area contributed by atoms with Gasteiger partial charge in [0.25, 0.3) is 5.91 Å². The van der Waals surface area contributed by atoms with E-state index in [1.807, 2.05) is 39.4 Å². The van der Waals surface area contributed by atoms with Gasteiger partial charge in [0, 0.05) is 45.6 Å². The summed E-state index contributed by atoms with van der Waals surface area (Å²) < 4.78 is 5.50. The van der Waals surface area contributed by atoms with Gasteiger partial charge in [-0.25, -0.2) is 0 Å². The van der Waals surface area contributed by atoms with E-state index in [-0.39, 0.29) is 18.1 Å². The maximum Gasteiger partial charge on any atom is 0.269 e. The van der Waals surface area contributed by atoms with Crippen LogP contribution in [0.3, 0.4) is 0 Å². The van der Waals surface area contributed by atoms with E-state index in [1.54, 1.807) is 7.11 Å². The zero-order valence-corrected chi connectivity index (χ0v) is 21.1. The molecule has 1 atom stereocenters. The first-order chi connectivity index (χ1) is 17.1. The standard InChI is InChI=1S/C25H32N6O3S/c1-3-4-12-30-24(33)23-19(11-17-35-23)31-21(26-27-25(30)31)9-10-22(32)29-15-13-28(14-16-29)18-7-5-6-8-20(18)34-2/h5-8,11,17,25,27H,3-4,9-10,12-16H2,1-2H3. The molecule has 1 saturated heterocycles. The summed E-state index contributed by atoms with van der Waals surface area (Å²) in [5.74, 6) is 1.86. The summed E-state index contributed by atoms with van der Waals surface area (Å²) >= 11 is 1.47. The molecule has 3 aliphatic heterocycles. The van der Waals surface area contributed by atoms with Crippen molar-refractivity contribution in [3.63, 3.8) is 0 Å². The lowest BCUT2D eigenvalue weighted by molar-refractivity contribution is -0.131. The van der Waals surface area contributed by atoms with Gasteiger partial charge in [-0.15, -0.1) is 11.3 Å². The first kappa shape index (κ1) is 23.5. The molecule has 3 aliphatic rings. The van der Waals surface area contributed by atoms with Crippen LogP contribution < -0.4 is 20.0 Å². The van der Waals surface area contributed by atoms with Gasteiger partial charge in [-0.2, -0.15) is 5.10 Å². The van der Waals surface area contributed by atoms with Crippen LogP contribution in [0.4, 0.5) is 11.4 Å². The Bertz CT molecular complexity index is 1110. The van der Waals surface area contributed by atoms with E-state index in [0.29, 0.717) is 32.5 Å². The molecule has 1 fully saturated rings. The number of hydrogen-bond donors (Lipinski definition) is 1. The van der Waals surface area contributed by atoms with E-state index in [0.717, 1.165) is 53.8 Å². The summed E-state index contributed by atoms with van der Waals surface area (Å²) in [7, 11) is 1.68. The fraction of sp³-hybridized carbons (Fsp3) is 0.480. The molecule has 0 bridgehead atoms. The first-order valence-electron chi connectivity index (χ1n) is 12.3. The van der Waals surface area contributed by atoms with Crippen molar-refractivity contribution in [2.24, 2.45) is 5.10 Å². The van der Waals surface area contributed by atoms with Crippen LogP contribution in [-0.2, 0) is 4.79 Å². The Balaban J connectivity index is 1.20. The average molecular weight is 497 g/mol. The number of hydrazone groups is 1. The minimum Gasteiger partial charge on any atom is -0.495 e. The molecule has 5 rings (SSSR count). The second kappa shape index (κ2) is 10.2. The SMILES string of the molecule is CCCCN1C(=O)c2sccc2N2C(CCC(=O)N3CCN(c4ccccc4OC)CC3)=NNC12. The third kappa shape index (κ3) is 4.42. The highest BCUT2D eigenvalue weighted by Crippen LogP contribution is 2.37. The molecule has 186 valence electrons. The van der Waals surface area contributed by atoms with Crippen LogP contribution in [0.2, 0.25) is 0 Å². The largest absolute Gasteiger partial charge is 0.495 e. The van der Waals surface area contributed by atoms with E-state index < -0.39 is 0 Å². The first-order valence-corrected chi connectivity index (χ1v) is 13.2. The molecule has 2 aromatic rings. The molecule has 9 nitrogen and oxygen atoms in total. The van der Waals surface area contributed by atoms with Gasteiger partial charge in [-0.1, -0.05) is 25.5 Å². The van der Waals surface area contributed by atoms with Crippen molar-refractivity contribution in [1.29, 1.82) is 0 Å². The number of nitrogens with one attached hydrogen (secondary N) is 1. The zero-order chi connectivity index (χ0) is 24.4. The summed E-state index contributed by atoms with van der Waals surface area (Å²) in [5, 5.41) is 6.50. The van der Waals surface area contributed by atoms with Gasteiger partial charge in [0.15, 0.2) is 0 Å². The Morgan fingerprint density at radius 1 is 1.17 bits per heavy atom. The number of anilines is 2. The summed E-state index contributed by atoms with van der Waals surface area (Å²) in [6, 6.07) is 9.98. The fourth-order valence-corrected chi connectivity index (χ4v) is 5.79. The maximum atomic E-state index is 13.1. The van der Waals surface area contributed by atoms with Gasteiger partial charge in [0.2, 0.25) is 12.2 Å². The Labute approximate surface area is 209 Å². The Morgan fingerprint density at radius 3 is 2.74 bits per heavy atom. The van der Waals surface area contributed by atoms with Crippen LogP contribution in [-0.4, -0.2) is 73.6 Å². The molecule has 1 unspecified atom stereocenters. The molecule has 1 aromatic heterocycles. The molecule has 10 heteroatoms. The number of thiophene rings is 1. The number of rotatable bonds is 8. The van der Waals surface area contributed by atoms with Crippen LogP contribution in [0.15, 0.2) is 40.8 Å². The van der Waals surface area contributed by atoms with Gasteiger partial charge < -0.3 is 14.5 Å². The summed E-state index contributed by atoms with van der Waals surface area (Å²) in [6.45, 7) is 5.71. The smallest absolute Gasteiger partial charge is 0.269 e. The van der Waals surface area contributed by atoms with Gasteiger partial charge in [-0.3, -0.25) is 24.8 Å². The zero-order valence-electron chi connectivity index (χ0n) is 20.3. The van der Waals surface area contributed by atoms with Crippen molar-refractivity contribution in [1.82, 2.24) is 15.2 Å². The number of carbonyl (C=O) groups is 2. The summed E-state index contributed by atoms with van der Waals surface area (Å²) in [4.78, 5) is 35.0. The Kier molecular flexibility index (Phi) is 6.81. The van der Waals surface area contributed by atoms with Crippen molar-refractivity contribution in [3.8, 4) is 5.75 Å². The van der Waals surface area contributed by atoms with E-state index in [9.17, 15) is 9.59 Å². The summed E-state index contributed by atoms with van der Waals surface area (Å²) in [5.41, 5.74) is 5.10. The molecule has 0 aliphatic carbocycles. The average Bonchev–Trinajstić information content (AvgIpc) is 3.55. The van der Waals surface area contributed by atoms with Crippen LogP contribution in [0.5, 0.6) is 5.75 Å². The lowest BCUT2D eigenvalue weighted by atomic mass is 10.1. The number of piperazine rings is 1. The second-order valence-electron chi connectivity index (χ2n) is 8.93. The molecule has 1 aromatic carbocycles. The highest BCUT2D eigenvalue weighted by Gasteiger charge is 2.43. The molecule has 0 spiro atoms. The number of amides is 2.